The van der Waals surface area contributed by atoms with Gasteiger partial charge in [-0.1, -0.05) is 41.9 Å². The summed E-state index contributed by atoms with van der Waals surface area (Å²) in [5.74, 6) is 0. The molecule has 2 aromatic carbocycles. The molecular formula is C16H12ClN3O3. The lowest BCUT2D eigenvalue weighted by molar-refractivity contribution is -0.385. The van der Waals surface area contributed by atoms with Crippen LogP contribution in [0.4, 0.5) is 5.69 Å². The smallest absolute Gasteiger partial charge is 0.273 e. The van der Waals surface area contributed by atoms with Gasteiger partial charge in [-0.15, -0.1) is 0 Å². The van der Waals surface area contributed by atoms with Crippen molar-refractivity contribution in [2.45, 2.75) is 0 Å². The summed E-state index contributed by atoms with van der Waals surface area (Å²) in [6.07, 6.45) is 0. The summed E-state index contributed by atoms with van der Waals surface area (Å²) >= 11 is 5.87. The summed E-state index contributed by atoms with van der Waals surface area (Å²) in [6, 6.07) is 15.3. The van der Waals surface area contributed by atoms with E-state index >= 15 is 0 Å². The maximum atomic E-state index is 12.6. The van der Waals surface area contributed by atoms with E-state index in [1.807, 2.05) is 6.07 Å². The van der Waals surface area contributed by atoms with Crippen LogP contribution < -0.4 is 5.56 Å². The molecular weight excluding hydrogens is 318 g/mol. The van der Waals surface area contributed by atoms with Crippen LogP contribution in [0.5, 0.6) is 0 Å². The van der Waals surface area contributed by atoms with E-state index < -0.39 is 16.2 Å². The Bertz CT molecular complexity index is 928. The van der Waals surface area contributed by atoms with Crippen molar-refractivity contribution in [2.24, 2.45) is 7.05 Å². The van der Waals surface area contributed by atoms with Crippen molar-refractivity contribution in [2.75, 3.05) is 0 Å². The first kappa shape index (κ1) is 15.1. The maximum absolute atomic E-state index is 12.6. The molecule has 0 radical (unpaired) electrons. The lowest BCUT2D eigenvalue weighted by Gasteiger charge is -2.09. The van der Waals surface area contributed by atoms with Gasteiger partial charge in [0.05, 0.1) is 10.6 Å². The maximum Gasteiger partial charge on any atom is 0.361 e. The Labute approximate surface area is 136 Å². The molecule has 0 saturated heterocycles. The lowest BCUT2D eigenvalue weighted by atomic mass is 10.1. The molecule has 0 atom stereocenters. The fourth-order valence-corrected chi connectivity index (χ4v) is 2.67. The Hall–Kier alpha value is -2.86. The number of para-hydroxylation sites is 1. The minimum absolute atomic E-state index is 0.237. The fraction of sp³-hybridized carbons (Fsp3) is 0.0625. The molecule has 7 heteroatoms. The molecule has 0 fully saturated rings. The van der Waals surface area contributed by atoms with Crippen LogP contribution in [-0.4, -0.2) is 14.3 Å². The predicted octanol–water partition coefficient (Wildman–Crippen LogP) is 3.40. The number of halogens is 1. The van der Waals surface area contributed by atoms with E-state index in [4.69, 9.17) is 11.6 Å². The van der Waals surface area contributed by atoms with Gasteiger partial charge in [0.1, 0.15) is 5.69 Å². The summed E-state index contributed by atoms with van der Waals surface area (Å²) in [5.41, 5.74) is 0.214. The van der Waals surface area contributed by atoms with Gasteiger partial charge in [0.25, 0.3) is 0 Å². The molecule has 0 aliphatic rings. The first-order chi connectivity index (χ1) is 11.0. The largest absolute Gasteiger partial charge is 0.361 e. The Morgan fingerprint density at radius 3 is 2.22 bits per heavy atom. The zero-order chi connectivity index (χ0) is 16.6. The first-order valence-electron chi connectivity index (χ1n) is 6.78. The molecule has 0 saturated carbocycles. The average Bonchev–Trinajstić information content (AvgIpc) is 2.80. The van der Waals surface area contributed by atoms with E-state index in [0.717, 1.165) is 0 Å². The monoisotopic (exact) mass is 329 g/mol. The van der Waals surface area contributed by atoms with Crippen LogP contribution in [0.2, 0.25) is 5.02 Å². The van der Waals surface area contributed by atoms with Crippen LogP contribution in [-0.2, 0) is 7.05 Å². The molecule has 116 valence electrons. The molecule has 0 N–H and O–H groups in total. The van der Waals surface area contributed by atoms with Crippen LogP contribution in [0.3, 0.4) is 0 Å². The predicted molar refractivity (Wildman–Crippen MR) is 88.1 cm³/mol. The van der Waals surface area contributed by atoms with Crippen molar-refractivity contribution in [1.82, 2.24) is 9.36 Å². The molecule has 0 aliphatic carbocycles. The molecule has 0 amide bonds. The standard InChI is InChI=1S/C16H12ClN3O3/c1-18-14(11-7-9-12(17)10-8-11)15(20(22)23)16(21)19(18)13-5-3-2-4-6-13/h2-10H,1H3. The molecule has 0 unspecified atom stereocenters. The minimum atomic E-state index is -0.673. The van der Waals surface area contributed by atoms with Gasteiger partial charge in [0.15, 0.2) is 0 Å². The third-order valence-corrected chi connectivity index (χ3v) is 3.80. The van der Waals surface area contributed by atoms with Crippen molar-refractivity contribution >= 4 is 17.3 Å². The number of hydrogen-bond acceptors (Lipinski definition) is 3. The SMILES string of the molecule is Cn1c(-c2ccc(Cl)cc2)c([N+](=O)[O-])c(=O)n1-c1ccccc1. The Balaban J connectivity index is 2.34. The van der Waals surface area contributed by atoms with Crippen LogP contribution in [0.1, 0.15) is 0 Å². The molecule has 3 rings (SSSR count). The number of hydrogen-bond donors (Lipinski definition) is 0. The number of aromatic nitrogens is 2. The second kappa shape index (κ2) is 5.73. The van der Waals surface area contributed by atoms with Gasteiger partial charge >= 0.3 is 11.2 Å². The zero-order valence-electron chi connectivity index (χ0n) is 12.1. The quantitative estimate of drug-likeness (QED) is 0.546. The molecule has 0 spiro atoms. The van der Waals surface area contributed by atoms with Gasteiger partial charge < -0.3 is 0 Å². The van der Waals surface area contributed by atoms with Crippen molar-refractivity contribution < 1.29 is 4.92 Å². The van der Waals surface area contributed by atoms with Crippen molar-refractivity contribution in [3.63, 3.8) is 0 Å². The third-order valence-electron chi connectivity index (χ3n) is 3.54. The second-order valence-electron chi connectivity index (χ2n) is 4.94. The number of nitrogens with zero attached hydrogens (tertiary/aromatic N) is 3. The fourth-order valence-electron chi connectivity index (χ4n) is 2.55. The topological polar surface area (TPSA) is 70.1 Å². The summed E-state index contributed by atoms with van der Waals surface area (Å²) in [4.78, 5) is 23.4. The average molecular weight is 330 g/mol. The summed E-state index contributed by atoms with van der Waals surface area (Å²) < 4.78 is 2.76. The highest BCUT2D eigenvalue weighted by Gasteiger charge is 2.29. The van der Waals surface area contributed by atoms with Gasteiger partial charge in [0, 0.05) is 17.6 Å². The zero-order valence-corrected chi connectivity index (χ0v) is 12.9. The normalized spacial score (nSPS) is 10.7. The van der Waals surface area contributed by atoms with E-state index in [1.165, 1.54) is 9.36 Å². The van der Waals surface area contributed by atoms with Crippen molar-refractivity contribution in [3.05, 3.63) is 80.1 Å². The summed E-state index contributed by atoms with van der Waals surface area (Å²) in [5, 5.41) is 12.0. The van der Waals surface area contributed by atoms with E-state index in [-0.39, 0.29) is 5.69 Å². The van der Waals surface area contributed by atoms with Crippen LogP contribution in [0.15, 0.2) is 59.4 Å². The summed E-state index contributed by atoms with van der Waals surface area (Å²) in [6.45, 7) is 0. The highest BCUT2D eigenvalue weighted by atomic mass is 35.5. The molecule has 1 aromatic heterocycles. The van der Waals surface area contributed by atoms with Crippen molar-refractivity contribution in [3.8, 4) is 16.9 Å². The van der Waals surface area contributed by atoms with E-state index in [1.54, 1.807) is 55.6 Å². The van der Waals surface area contributed by atoms with Crippen LogP contribution in [0.25, 0.3) is 16.9 Å². The molecule has 1 heterocycles. The van der Waals surface area contributed by atoms with Gasteiger partial charge in [-0.2, -0.15) is 0 Å². The molecule has 0 bridgehead atoms. The van der Waals surface area contributed by atoms with E-state index in [9.17, 15) is 14.9 Å². The Kier molecular flexibility index (Phi) is 3.75. The number of nitro groups is 1. The van der Waals surface area contributed by atoms with Gasteiger partial charge in [-0.05, 0) is 24.3 Å². The third kappa shape index (κ3) is 2.53. The van der Waals surface area contributed by atoms with Gasteiger partial charge in [0.2, 0.25) is 0 Å². The van der Waals surface area contributed by atoms with Gasteiger partial charge in [-0.3, -0.25) is 19.6 Å². The van der Waals surface area contributed by atoms with Gasteiger partial charge in [-0.25, -0.2) is 4.68 Å². The van der Waals surface area contributed by atoms with E-state index in [2.05, 4.69) is 0 Å². The molecule has 6 nitrogen and oxygen atoms in total. The molecule has 0 aliphatic heterocycles. The first-order valence-corrected chi connectivity index (χ1v) is 7.16. The lowest BCUT2D eigenvalue weighted by Crippen LogP contribution is -2.20. The van der Waals surface area contributed by atoms with Crippen LogP contribution >= 0.6 is 11.6 Å². The Morgan fingerprint density at radius 1 is 1.04 bits per heavy atom. The molecule has 23 heavy (non-hydrogen) atoms. The Morgan fingerprint density at radius 2 is 1.65 bits per heavy atom. The highest BCUT2D eigenvalue weighted by molar-refractivity contribution is 6.30. The van der Waals surface area contributed by atoms with Crippen LogP contribution in [0, 0.1) is 10.1 Å². The highest BCUT2D eigenvalue weighted by Crippen LogP contribution is 2.29. The minimum Gasteiger partial charge on any atom is -0.273 e. The molecule has 3 aromatic rings. The van der Waals surface area contributed by atoms with Crippen molar-refractivity contribution in [1.29, 1.82) is 0 Å². The second-order valence-corrected chi connectivity index (χ2v) is 5.37. The number of benzene rings is 2. The summed E-state index contributed by atoms with van der Waals surface area (Å²) in [7, 11) is 1.62. The van der Waals surface area contributed by atoms with E-state index in [0.29, 0.717) is 16.3 Å². The number of rotatable bonds is 3.